The summed E-state index contributed by atoms with van der Waals surface area (Å²) >= 11 is 1.29. The van der Waals surface area contributed by atoms with E-state index in [1.165, 1.54) is 11.8 Å². The number of rotatable bonds is 7. The number of thioether (sulfide) groups is 1. The van der Waals surface area contributed by atoms with Gasteiger partial charge in [0.15, 0.2) is 0 Å². The predicted molar refractivity (Wildman–Crippen MR) is 70.2 cm³/mol. The van der Waals surface area contributed by atoms with E-state index in [1.54, 1.807) is 31.3 Å². The van der Waals surface area contributed by atoms with Crippen molar-refractivity contribution in [1.29, 1.82) is 0 Å². The van der Waals surface area contributed by atoms with Gasteiger partial charge in [0.05, 0.1) is 12.2 Å². The number of nitrogens with one attached hydrogen (secondary N) is 2. The van der Waals surface area contributed by atoms with Crippen molar-refractivity contribution in [2.24, 2.45) is 0 Å². The van der Waals surface area contributed by atoms with Gasteiger partial charge in [-0.2, -0.15) is 0 Å². The molecule has 1 amide bonds. The van der Waals surface area contributed by atoms with Crippen LogP contribution in [0, 0.1) is 0 Å². The van der Waals surface area contributed by atoms with Gasteiger partial charge in [-0.15, -0.1) is 11.8 Å². The van der Waals surface area contributed by atoms with Crippen LogP contribution in [0.5, 0.6) is 0 Å². The van der Waals surface area contributed by atoms with Crippen molar-refractivity contribution in [3.8, 4) is 0 Å². The van der Waals surface area contributed by atoms with Gasteiger partial charge >= 0.3 is 5.97 Å². The van der Waals surface area contributed by atoms with Gasteiger partial charge in [0, 0.05) is 11.4 Å². The highest BCUT2D eigenvalue weighted by molar-refractivity contribution is 8.00. The molecule has 1 rings (SSSR count). The summed E-state index contributed by atoms with van der Waals surface area (Å²) in [5.41, 5.74) is 5.16. The molecule has 6 nitrogen and oxygen atoms in total. The van der Waals surface area contributed by atoms with E-state index in [2.05, 4.69) is 15.8 Å². The SMILES string of the molecule is CC(CC(=O)O)SCC(=O)NNc1ccccn1. The van der Waals surface area contributed by atoms with Crippen molar-refractivity contribution in [1.82, 2.24) is 10.4 Å². The number of carbonyl (C=O) groups excluding carboxylic acids is 1. The number of amides is 1. The molecule has 0 aliphatic heterocycles. The van der Waals surface area contributed by atoms with Crippen molar-refractivity contribution in [3.63, 3.8) is 0 Å². The number of pyridine rings is 1. The Morgan fingerprint density at radius 2 is 2.28 bits per heavy atom. The molecule has 0 radical (unpaired) electrons. The van der Waals surface area contributed by atoms with Crippen LogP contribution in [-0.4, -0.2) is 33.0 Å². The quantitative estimate of drug-likeness (QED) is 0.643. The molecule has 18 heavy (non-hydrogen) atoms. The molecule has 98 valence electrons. The highest BCUT2D eigenvalue weighted by Crippen LogP contribution is 2.13. The number of aliphatic carboxylic acids is 1. The highest BCUT2D eigenvalue weighted by atomic mass is 32.2. The number of carbonyl (C=O) groups is 2. The molecular weight excluding hydrogens is 254 g/mol. The Morgan fingerprint density at radius 3 is 2.89 bits per heavy atom. The van der Waals surface area contributed by atoms with E-state index in [9.17, 15) is 9.59 Å². The van der Waals surface area contributed by atoms with Gasteiger partial charge < -0.3 is 5.11 Å². The summed E-state index contributed by atoms with van der Waals surface area (Å²) in [5.74, 6) is -0.326. The van der Waals surface area contributed by atoms with Crippen molar-refractivity contribution >= 4 is 29.5 Å². The first-order valence-corrected chi connectivity index (χ1v) is 6.42. The summed E-state index contributed by atoms with van der Waals surface area (Å²) in [6.07, 6.45) is 1.66. The first-order chi connectivity index (χ1) is 8.58. The maximum atomic E-state index is 11.4. The second kappa shape index (κ2) is 7.54. The van der Waals surface area contributed by atoms with E-state index in [1.807, 2.05) is 0 Å². The average Bonchev–Trinajstić information content (AvgIpc) is 2.34. The molecule has 0 aromatic carbocycles. The molecule has 7 heteroatoms. The first kappa shape index (κ1) is 14.3. The lowest BCUT2D eigenvalue weighted by Gasteiger charge is -2.09. The lowest BCUT2D eigenvalue weighted by atomic mass is 10.3. The molecule has 0 saturated carbocycles. The third-order valence-corrected chi connectivity index (χ3v) is 3.12. The number of hydrazine groups is 1. The summed E-state index contributed by atoms with van der Waals surface area (Å²) in [5, 5.41) is 8.47. The molecule has 0 aliphatic carbocycles. The third kappa shape index (κ3) is 6.09. The van der Waals surface area contributed by atoms with Gasteiger partial charge in [-0.05, 0) is 12.1 Å². The monoisotopic (exact) mass is 269 g/mol. The molecule has 1 aromatic rings. The van der Waals surface area contributed by atoms with Crippen LogP contribution < -0.4 is 10.9 Å². The van der Waals surface area contributed by atoms with Gasteiger partial charge in [0.2, 0.25) is 5.91 Å². The van der Waals surface area contributed by atoms with Crippen molar-refractivity contribution in [3.05, 3.63) is 24.4 Å². The zero-order valence-electron chi connectivity index (χ0n) is 9.92. The average molecular weight is 269 g/mol. The predicted octanol–water partition coefficient (Wildman–Crippen LogP) is 1.12. The normalized spacial score (nSPS) is 11.6. The highest BCUT2D eigenvalue weighted by Gasteiger charge is 2.10. The van der Waals surface area contributed by atoms with Gasteiger partial charge in [0.25, 0.3) is 0 Å². The summed E-state index contributed by atoms with van der Waals surface area (Å²) in [6.45, 7) is 1.78. The van der Waals surface area contributed by atoms with Crippen molar-refractivity contribution < 1.29 is 14.7 Å². The van der Waals surface area contributed by atoms with Crippen LogP contribution in [0.2, 0.25) is 0 Å². The summed E-state index contributed by atoms with van der Waals surface area (Å²) in [7, 11) is 0. The van der Waals surface area contributed by atoms with Crippen LogP contribution in [0.15, 0.2) is 24.4 Å². The second-order valence-electron chi connectivity index (χ2n) is 3.61. The maximum absolute atomic E-state index is 11.4. The zero-order chi connectivity index (χ0) is 13.4. The number of aromatic nitrogens is 1. The fourth-order valence-electron chi connectivity index (χ4n) is 1.13. The minimum absolute atomic E-state index is 0.0472. The number of anilines is 1. The first-order valence-electron chi connectivity index (χ1n) is 5.37. The van der Waals surface area contributed by atoms with Crippen LogP contribution in [-0.2, 0) is 9.59 Å². The minimum atomic E-state index is -0.859. The van der Waals surface area contributed by atoms with Crippen LogP contribution >= 0.6 is 11.8 Å². The molecule has 0 spiro atoms. The summed E-state index contributed by atoms with van der Waals surface area (Å²) in [6, 6.07) is 5.29. The minimum Gasteiger partial charge on any atom is -0.481 e. The molecule has 1 unspecified atom stereocenters. The van der Waals surface area contributed by atoms with Gasteiger partial charge in [-0.25, -0.2) is 4.98 Å². The number of carboxylic acids is 1. The lowest BCUT2D eigenvalue weighted by molar-refractivity contribution is -0.136. The molecule has 0 fully saturated rings. The zero-order valence-corrected chi connectivity index (χ0v) is 10.7. The van der Waals surface area contributed by atoms with E-state index >= 15 is 0 Å². The molecule has 0 saturated heterocycles. The second-order valence-corrected chi connectivity index (χ2v) is 5.03. The lowest BCUT2D eigenvalue weighted by Crippen LogP contribution is -2.31. The Labute approximate surface area is 109 Å². The van der Waals surface area contributed by atoms with Crippen LogP contribution in [0.1, 0.15) is 13.3 Å². The number of nitrogens with zero attached hydrogens (tertiary/aromatic N) is 1. The summed E-state index contributed by atoms with van der Waals surface area (Å²) < 4.78 is 0. The molecule has 0 bridgehead atoms. The fraction of sp³-hybridized carbons (Fsp3) is 0.364. The Balaban J connectivity index is 2.20. The number of carboxylic acid groups (broad SMARTS) is 1. The third-order valence-electron chi connectivity index (χ3n) is 1.96. The van der Waals surface area contributed by atoms with Crippen LogP contribution in [0.4, 0.5) is 5.82 Å². The Kier molecular flexibility index (Phi) is 5.99. The topological polar surface area (TPSA) is 91.3 Å². The number of hydrogen-bond acceptors (Lipinski definition) is 5. The molecule has 1 heterocycles. The van der Waals surface area contributed by atoms with Crippen molar-refractivity contribution in [2.75, 3.05) is 11.2 Å². The van der Waals surface area contributed by atoms with Gasteiger partial charge in [-0.1, -0.05) is 13.0 Å². The fourth-order valence-corrected chi connectivity index (χ4v) is 1.90. The molecule has 1 atom stereocenters. The standard InChI is InChI=1S/C11H15N3O3S/c1-8(6-11(16)17)18-7-10(15)14-13-9-4-2-3-5-12-9/h2-5,8H,6-7H2,1H3,(H,12,13)(H,14,15)(H,16,17). The Bertz CT molecular complexity index is 400. The Morgan fingerprint density at radius 1 is 1.50 bits per heavy atom. The van der Waals surface area contributed by atoms with Crippen molar-refractivity contribution in [2.45, 2.75) is 18.6 Å². The maximum Gasteiger partial charge on any atom is 0.304 e. The van der Waals surface area contributed by atoms with E-state index in [-0.39, 0.29) is 23.3 Å². The molecule has 3 N–H and O–H groups in total. The van der Waals surface area contributed by atoms with Gasteiger partial charge in [0.1, 0.15) is 5.82 Å². The van der Waals surface area contributed by atoms with E-state index in [0.29, 0.717) is 5.82 Å². The number of hydrogen-bond donors (Lipinski definition) is 3. The van der Waals surface area contributed by atoms with Gasteiger partial charge in [-0.3, -0.25) is 20.4 Å². The van der Waals surface area contributed by atoms with Crippen LogP contribution in [0.3, 0.4) is 0 Å². The smallest absolute Gasteiger partial charge is 0.304 e. The summed E-state index contributed by atoms with van der Waals surface area (Å²) in [4.78, 5) is 25.8. The van der Waals surface area contributed by atoms with E-state index < -0.39 is 5.97 Å². The molecule has 0 aliphatic rings. The van der Waals surface area contributed by atoms with Crippen LogP contribution in [0.25, 0.3) is 0 Å². The molecular formula is C11H15N3O3S. The Hall–Kier alpha value is -1.76. The molecule has 1 aromatic heterocycles. The van der Waals surface area contributed by atoms with E-state index in [0.717, 1.165) is 0 Å². The van der Waals surface area contributed by atoms with E-state index in [4.69, 9.17) is 5.11 Å². The largest absolute Gasteiger partial charge is 0.481 e.